The Bertz CT molecular complexity index is 1030. The molecule has 0 unspecified atom stereocenters. The number of esters is 1. The van der Waals surface area contributed by atoms with Crippen molar-refractivity contribution in [2.24, 2.45) is 5.73 Å². The van der Waals surface area contributed by atoms with Crippen LogP contribution in [-0.2, 0) is 9.53 Å². The van der Waals surface area contributed by atoms with Gasteiger partial charge in [-0.1, -0.05) is 6.07 Å². The predicted molar refractivity (Wildman–Crippen MR) is 128 cm³/mol. The van der Waals surface area contributed by atoms with Crippen LogP contribution in [0.4, 0.5) is 10.7 Å². The van der Waals surface area contributed by atoms with Crippen LogP contribution >= 0.6 is 11.3 Å². The fourth-order valence-electron chi connectivity index (χ4n) is 3.70. The molecule has 1 aliphatic rings. The number of rotatable bonds is 8. The molecule has 0 aliphatic carbocycles. The third kappa shape index (κ3) is 6.02. The van der Waals surface area contributed by atoms with E-state index in [2.05, 4.69) is 10.2 Å². The highest BCUT2D eigenvalue weighted by Gasteiger charge is 2.27. The minimum absolute atomic E-state index is 0.174. The lowest BCUT2D eigenvalue weighted by Gasteiger charge is -2.35. The number of benzene rings is 1. The summed E-state index contributed by atoms with van der Waals surface area (Å²) < 4.78 is 10.6. The molecule has 2 aromatic rings. The van der Waals surface area contributed by atoms with E-state index < -0.39 is 11.9 Å². The maximum Gasteiger partial charge on any atom is 0.341 e. The van der Waals surface area contributed by atoms with Crippen molar-refractivity contribution in [3.63, 3.8) is 0 Å². The van der Waals surface area contributed by atoms with Gasteiger partial charge in [-0.2, -0.15) is 0 Å². The largest absolute Gasteiger partial charge is 0.497 e. The maximum absolute atomic E-state index is 12.8. The van der Waals surface area contributed by atoms with Gasteiger partial charge in [-0.15, -0.1) is 11.3 Å². The van der Waals surface area contributed by atoms with Gasteiger partial charge in [0.25, 0.3) is 5.91 Å². The molecule has 1 saturated heterocycles. The van der Waals surface area contributed by atoms with Gasteiger partial charge in [-0.25, -0.2) is 4.79 Å². The zero-order valence-electron chi connectivity index (χ0n) is 19.3. The number of nitrogens with two attached hydrogens (primary N) is 1. The number of piperazine rings is 1. The number of methoxy groups -OCH3 is 1. The molecular weight excluding hydrogens is 444 g/mol. The van der Waals surface area contributed by atoms with Gasteiger partial charge >= 0.3 is 5.97 Å². The molecule has 2 heterocycles. The molecule has 2 amide bonds. The molecule has 1 aromatic carbocycles. The normalized spacial score (nSPS) is 14.3. The number of hydrogen-bond acceptors (Lipinski definition) is 8. The second-order valence-corrected chi connectivity index (χ2v) is 9.11. The van der Waals surface area contributed by atoms with Crippen LogP contribution < -0.4 is 20.7 Å². The van der Waals surface area contributed by atoms with E-state index in [0.29, 0.717) is 18.7 Å². The SMILES string of the molecule is COc1cccc(N2CCN(CC(=O)Nc3sc(C(N)=O)c(C)c3C(=O)OC(C)C)CC2)c1. The molecular formula is C23H30N4O5S. The summed E-state index contributed by atoms with van der Waals surface area (Å²) in [4.78, 5) is 41.6. The van der Waals surface area contributed by atoms with Crippen molar-refractivity contribution in [3.05, 3.63) is 40.3 Å². The third-order valence-corrected chi connectivity index (χ3v) is 6.55. The summed E-state index contributed by atoms with van der Waals surface area (Å²) in [5, 5.41) is 3.07. The Kier molecular flexibility index (Phi) is 7.93. The monoisotopic (exact) mass is 474 g/mol. The Morgan fingerprint density at radius 2 is 1.88 bits per heavy atom. The van der Waals surface area contributed by atoms with Crippen molar-refractivity contribution in [1.29, 1.82) is 0 Å². The van der Waals surface area contributed by atoms with E-state index in [1.54, 1.807) is 27.9 Å². The van der Waals surface area contributed by atoms with E-state index in [0.717, 1.165) is 35.9 Å². The fraction of sp³-hybridized carbons (Fsp3) is 0.435. The Morgan fingerprint density at radius 3 is 2.48 bits per heavy atom. The summed E-state index contributed by atoms with van der Waals surface area (Å²) in [6, 6.07) is 7.90. The summed E-state index contributed by atoms with van der Waals surface area (Å²) in [5.41, 5.74) is 7.12. The standard InChI is InChI=1S/C23H30N4O5S/c1-14(2)32-23(30)19-15(3)20(21(24)29)33-22(19)25-18(28)13-26-8-10-27(11-9-26)16-6-5-7-17(12-16)31-4/h5-7,12,14H,8-11,13H2,1-4H3,(H2,24,29)(H,25,28). The first kappa shape index (κ1) is 24.5. The zero-order chi connectivity index (χ0) is 24.1. The number of thiophene rings is 1. The van der Waals surface area contributed by atoms with E-state index in [-0.39, 0.29) is 34.0 Å². The molecule has 0 saturated carbocycles. The number of nitrogens with one attached hydrogen (secondary N) is 1. The average molecular weight is 475 g/mol. The predicted octanol–water partition coefficient (Wildman–Crippen LogP) is 2.49. The van der Waals surface area contributed by atoms with Gasteiger partial charge < -0.3 is 25.4 Å². The number of carbonyl (C=O) groups is 3. The molecule has 33 heavy (non-hydrogen) atoms. The van der Waals surface area contributed by atoms with Crippen molar-refractivity contribution < 1.29 is 23.9 Å². The fourth-order valence-corrected chi connectivity index (χ4v) is 4.76. The number of ether oxygens (including phenoxy) is 2. The van der Waals surface area contributed by atoms with Gasteiger partial charge in [0.05, 0.1) is 30.2 Å². The van der Waals surface area contributed by atoms with Crippen LogP contribution in [-0.4, -0.2) is 68.6 Å². The Morgan fingerprint density at radius 1 is 1.18 bits per heavy atom. The molecule has 1 aliphatic heterocycles. The average Bonchev–Trinajstić information content (AvgIpc) is 3.09. The molecule has 178 valence electrons. The van der Waals surface area contributed by atoms with Crippen molar-refractivity contribution >= 4 is 39.8 Å². The highest BCUT2D eigenvalue weighted by Crippen LogP contribution is 2.33. The number of primary amides is 1. The highest BCUT2D eigenvalue weighted by molar-refractivity contribution is 7.18. The topological polar surface area (TPSA) is 114 Å². The number of amides is 2. The summed E-state index contributed by atoms with van der Waals surface area (Å²) in [6.45, 7) is 8.24. The Labute approximate surface area is 197 Å². The first-order chi connectivity index (χ1) is 15.7. The molecule has 10 heteroatoms. The van der Waals surface area contributed by atoms with Crippen LogP contribution in [0.15, 0.2) is 24.3 Å². The van der Waals surface area contributed by atoms with Crippen molar-refractivity contribution in [1.82, 2.24) is 4.90 Å². The zero-order valence-corrected chi connectivity index (χ0v) is 20.2. The smallest absolute Gasteiger partial charge is 0.341 e. The summed E-state index contributed by atoms with van der Waals surface area (Å²) in [5.74, 6) is -0.693. The molecule has 0 bridgehead atoms. The van der Waals surface area contributed by atoms with Gasteiger partial charge in [0, 0.05) is 37.9 Å². The van der Waals surface area contributed by atoms with Gasteiger partial charge in [-0.3, -0.25) is 14.5 Å². The van der Waals surface area contributed by atoms with Crippen molar-refractivity contribution in [2.75, 3.05) is 50.1 Å². The summed E-state index contributed by atoms with van der Waals surface area (Å²) in [6.07, 6.45) is -0.335. The van der Waals surface area contributed by atoms with Crippen LogP contribution in [0.25, 0.3) is 0 Å². The second-order valence-electron chi connectivity index (χ2n) is 8.09. The lowest BCUT2D eigenvalue weighted by atomic mass is 10.1. The maximum atomic E-state index is 12.8. The van der Waals surface area contributed by atoms with Gasteiger partial charge in [-0.05, 0) is 38.5 Å². The highest BCUT2D eigenvalue weighted by atomic mass is 32.1. The van der Waals surface area contributed by atoms with Crippen LogP contribution in [0.2, 0.25) is 0 Å². The summed E-state index contributed by atoms with van der Waals surface area (Å²) in [7, 11) is 1.64. The molecule has 1 aromatic heterocycles. The van der Waals surface area contributed by atoms with Gasteiger partial charge in [0.15, 0.2) is 0 Å². The number of anilines is 2. The van der Waals surface area contributed by atoms with E-state index in [9.17, 15) is 14.4 Å². The van der Waals surface area contributed by atoms with Gasteiger partial charge in [0.2, 0.25) is 5.91 Å². The minimum atomic E-state index is -0.648. The molecule has 0 atom stereocenters. The van der Waals surface area contributed by atoms with Crippen LogP contribution in [0.1, 0.15) is 39.4 Å². The number of hydrogen-bond donors (Lipinski definition) is 2. The number of nitrogens with zero attached hydrogens (tertiary/aromatic N) is 2. The molecule has 3 rings (SSSR count). The van der Waals surface area contributed by atoms with E-state index in [1.165, 1.54) is 0 Å². The first-order valence-corrected chi connectivity index (χ1v) is 11.6. The lowest BCUT2D eigenvalue weighted by molar-refractivity contribution is -0.117. The van der Waals surface area contributed by atoms with Crippen LogP contribution in [0.5, 0.6) is 5.75 Å². The van der Waals surface area contributed by atoms with E-state index in [1.807, 2.05) is 29.2 Å². The van der Waals surface area contributed by atoms with E-state index >= 15 is 0 Å². The van der Waals surface area contributed by atoms with E-state index in [4.69, 9.17) is 15.2 Å². The molecule has 0 radical (unpaired) electrons. The van der Waals surface area contributed by atoms with Gasteiger partial charge in [0.1, 0.15) is 10.8 Å². The second kappa shape index (κ2) is 10.7. The molecule has 1 fully saturated rings. The molecule has 0 spiro atoms. The van der Waals surface area contributed by atoms with Crippen molar-refractivity contribution in [3.8, 4) is 5.75 Å². The summed E-state index contributed by atoms with van der Waals surface area (Å²) >= 11 is 0.995. The minimum Gasteiger partial charge on any atom is -0.497 e. The lowest BCUT2D eigenvalue weighted by Crippen LogP contribution is -2.48. The molecule has 9 nitrogen and oxygen atoms in total. The first-order valence-electron chi connectivity index (χ1n) is 10.7. The Hall–Kier alpha value is -3.11. The number of carbonyl (C=O) groups excluding carboxylic acids is 3. The van der Waals surface area contributed by atoms with Crippen LogP contribution in [0, 0.1) is 6.92 Å². The van der Waals surface area contributed by atoms with Crippen LogP contribution in [0.3, 0.4) is 0 Å². The molecule has 3 N–H and O–H groups in total. The third-order valence-electron chi connectivity index (χ3n) is 5.33. The Balaban J connectivity index is 1.63. The quantitative estimate of drug-likeness (QED) is 0.565. The van der Waals surface area contributed by atoms with Crippen molar-refractivity contribution in [2.45, 2.75) is 26.9 Å².